The molecule has 47 heavy (non-hydrogen) atoms. The van der Waals surface area contributed by atoms with E-state index in [1.165, 1.54) is 11.8 Å². The number of anilines is 2. The van der Waals surface area contributed by atoms with E-state index in [4.69, 9.17) is 16.3 Å². The van der Waals surface area contributed by atoms with Crippen molar-refractivity contribution < 1.29 is 19.1 Å². The van der Waals surface area contributed by atoms with Crippen LogP contribution in [-0.2, 0) is 9.59 Å². The van der Waals surface area contributed by atoms with Crippen molar-refractivity contribution in [2.75, 3.05) is 17.7 Å². The zero-order valence-corrected chi connectivity index (χ0v) is 27.3. The number of thioether (sulfide) groups is 1. The molecule has 236 valence electrons. The third-order valence-electron chi connectivity index (χ3n) is 7.10. The highest BCUT2D eigenvalue weighted by molar-refractivity contribution is 8.00. The van der Waals surface area contributed by atoms with E-state index in [0.717, 1.165) is 16.0 Å². The fraction of sp³-hybridized carbons (Fsp3) is 0.0789. The number of benzene rings is 5. The summed E-state index contributed by atoms with van der Waals surface area (Å²) in [5, 5.41) is 8.62. The molecular formula is C38H32ClN3O4S. The van der Waals surface area contributed by atoms with Gasteiger partial charge >= 0.3 is 0 Å². The normalized spacial score (nSPS) is 11.7. The highest BCUT2D eigenvalue weighted by atomic mass is 35.5. The molecule has 5 rings (SSSR count). The van der Waals surface area contributed by atoms with Gasteiger partial charge in [0.15, 0.2) is 0 Å². The van der Waals surface area contributed by atoms with Crippen LogP contribution in [0.5, 0.6) is 5.75 Å². The maximum Gasteiger partial charge on any atom is 0.272 e. The first-order chi connectivity index (χ1) is 22.8. The third kappa shape index (κ3) is 9.13. The highest BCUT2D eigenvalue weighted by Crippen LogP contribution is 2.37. The number of nitrogens with one attached hydrogen (secondary N) is 3. The molecule has 1 unspecified atom stereocenters. The molecule has 0 aliphatic heterocycles. The SMILES string of the molecule is COc1cccc(/C=C(\NC(=O)c2ccccc2)C(=O)Nc2ccc(SC(C(=O)Nc3cc(Cl)ccc3C)c3ccccc3)cc2)c1. The lowest BCUT2D eigenvalue weighted by Crippen LogP contribution is -2.30. The first kappa shape index (κ1) is 33.1. The van der Waals surface area contributed by atoms with Crippen molar-refractivity contribution in [3.8, 4) is 5.75 Å². The first-order valence-electron chi connectivity index (χ1n) is 14.7. The number of hydrogen-bond acceptors (Lipinski definition) is 5. The van der Waals surface area contributed by atoms with E-state index >= 15 is 0 Å². The number of ether oxygens (including phenoxy) is 1. The standard InChI is InChI=1S/C38H32ClN3O4S/c1-25-16-17-29(39)24-33(25)41-38(45)35(27-11-5-3-6-12-27)47-32-20-18-30(19-21-32)40-37(44)34(23-26-10-9-15-31(22-26)46-2)42-36(43)28-13-7-4-8-14-28/h3-24,35H,1-2H3,(H,40,44)(H,41,45)(H,42,43)/b34-23-. The van der Waals surface area contributed by atoms with Crippen LogP contribution >= 0.6 is 23.4 Å². The second-order valence-electron chi connectivity index (χ2n) is 10.5. The number of amides is 3. The van der Waals surface area contributed by atoms with E-state index in [0.29, 0.717) is 33.3 Å². The Labute approximate surface area is 283 Å². The maximum absolute atomic E-state index is 13.6. The minimum atomic E-state index is -0.555. The molecule has 0 aromatic heterocycles. The summed E-state index contributed by atoms with van der Waals surface area (Å²) < 4.78 is 5.31. The van der Waals surface area contributed by atoms with Crippen LogP contribution in [0.3, 0.4) is 0 Å². The van der Waals surface area contributed by atoms with Crippen molar-refractivity contribution in [3.05, 3.63) is 160 Å². The lowest BCUT2D eigenvalue weighted by molar-refractivity contribution is -0.116. The number of hydrogen-bond donors (Lipinski definition) is 3. The van der Waals surface area contributed by atoms with Gasteiger partial charge in [0.05, 0.1) is 7.11 Å². The van der Waals surface area contributed by atoms with Gasteiger partial charge in [0.25, 0.3) is 11.8 Å². The average Bonchev–Trinajstić information content (AvgIpc) is 3.10. The van der Waals surface area contributed by atoms with Crippen molar-refractivity contribution in [2.45, 2.75) is 17.1 Å². The summed E-state index contributed by atoms with van der Waals surface area (Å²) in [6, 6.07) is 37.9. The van der Waals surface area contributed by atoms with Crippen LogP contribution in [0.1, 0.15) is 32.3 Å². The molecule has 3 amide bonds. The Morgan fingerprint density at radius 3 is 2.19 bits per heavy atom. The van der Waals surface area contributed by atoms with Crippen molar-refractivity contribution in [2.24, 2.45) is 0 Å². The van der Waals surface area contributed by atoms with Crippen LogP contribution in [0, 0.1) is 6.92 Å². The van der Waals surface area contributed by atoms with Gasteiger partial charge in [0, 0.05) is 26.9 Å². The predicted molar refractivity (Wildman–Crippen MR) is 190 cm³/mol. The average molecular weight is 662 g/mol. The Bertz CT molecular complexity index is 1900. The van der Waals surface area contributed by atoms with Crippen molar-refractivity contribution in [1.29, 1.82) is 0 Å². The van der Waals surface area contributed by atoms with Crippen LogP contribution in [-0.4, -0.2) is 24.8 Å². The Hall–Kier alpha value is -5.31. The van der Waals surface area contributed by atoms with Crippen LogP contribution in [0.15, 0.2) is 138 Å². The number of carbonyl (C=O) groups is 3. The number of methoxy groups -OCH3 is 1. The molecular weight excluding hydrogens is 630 g/mol. The number of rotatable bonds is 11. The van der Waals surface area contributed by atoms with E-state index < -0.39 is 17.1 Å². The second kappa shape index (κ2) is 15.8. The molecule has 0 radical (unpaired) electrons. The number of aryl methyl sites for hydroxylation is 1. The minimum absolute atomic E-state index is 0.0580. The van der Waals surface area contributed by atoms with Gasteiger partial charge in [0.2, 0.25) is 5.91 Å². The van der Waals surface area contributed by atoms with Crippen molar-refractivity contribution >= 4 is 58.5 Å². The smallest absolute Gasteiger partial charge is 0.272 e. The third-order valence-corrected chi connectivity index (χ3v) is 8.60. The molecule has 9 heteroatoms. The molecule has 0 spiro atoms. The van der Waals surface area contributed by atoms with Gasteiger partial charge in [-0.2, -0.15) is 0 Å². The molecule has 7 nitrogen and oxygen atoms in total. The maximum atomic E-state index is 13.6. The molecule has 0 fully saturated rings. The molecule has 5 aromatic carbocycles. The van der Waals surface area contributed by atoms with Crippen molar-refractivity contribution in [1.82, 2.24) is 5.32 Å². The van der Waals surface area contributed by atoms with Gasteiger partial charge in [-0.1, -0.05) is 78.3 Å². The van der Waals surface area contributed by atoms with E-state index in [1.54, 1.807) is 79.9 Å². The minimum Gasteiger partial charge on any atom is -0.497 e. The molecule has 0 aliphatic carbocycles. The van der Waals surface area contributed by atoms with Gasteiger partial charge < -0.3 is 20.7 Å². The van der Waals surface area contributed by atoms with E-state index in [2.05, 4.69) is 16.0 Å². The summed E-state index contributed by atoms with van der Waals surface area (Å²) in [4.78, 5) is 40.9. The summed E-state index contributed by atoms with van der Waals surface area (Å²) in [6.07, 6.45) is 1.59. The summed E-state index contributed by atoms with van der Waals surface area (Å²) in [5.41, 5.74) is 4.06. The van der Waals surface area contributed by atoms with Crippen molar-refractivity contribution in [3.63, 3.8) is 0 Å². The molecule has 0 bridgehead atoms. The molecule has 0 aliphatic rings. The van der Waals surface area contributed by atoms with Crippen LogP contribution in [0.2, 0.25) is 5.02 Å². The fourth-order valence-electron chi connectivity index (χ4n) is 4.62. The molecule has 3 N–H and O–H groups in total. The number of carbonyl (C=O) groups excluding carboxylic acids is 3. The molecule has 5 aromatic rings. The van der Waals surface area contributed by atoms with Crippen LogP contribution in [0.4, 0.5) is 11.4 Å². The largest absolute Gasteiger partial charge is 0.497 e. The fourth-order valence-corrected chi connectivity index (χ4v) is 5.82. The van der Waals surface area contributed by atoms with Gasteiger partial charge in [-0.15, -0.1) is 11.8 Å². The quantitative estimate of drug-likeness (QED) is 0.0974. The molecule has 0 saturated heterocycles. The lowest BCUT2D eigenvalue weighted by Gasteiger charge is -2.18. The summed E-state index contributed by atoms with van der Waals surface area (Å²) >= 11 is 7.57. The van der Waals surface area contributed by atoms with E-state index in [1.807, 2.05) is 67.6 Å². The van der Waals surface area contributed by atoms with E-state index in [-0.39, 0.29) is 11.6 Å². The topological polar surface area (TPSA) is 96.5 Å². The summed E-state index contributed by atoms with van der Waals surface area (Å²) in [5.74, 6) is -0.493. The Morgan fingerprint density at radius 1 is 0.787 bits per heavy atom. The summed E-state index contributed by atoms with van der Waals surface area (Å²) in [6.45, 7) is 1.91. The lowest BCUT2D eigenvalue weighted by atomic mass is 10.1. The zero-order chi connectivity index (χ0) is 33.2. The Kier molecular flexibility index (Phi) is 11.1. The van der Waals surface area contributed by atoms with Crippen LogP contribution < -0.4 is 20.7 Å². The highest BCUT2D eigenvalue weighted by Gasteiger charge is 2.23. The molecule has 0 heterocycles. The monoisotopic (exact) mass is 661 g/mol. The Balaban J connectivity index is 1.34. The zero-order valence-electron chi connectivity index (χ0n) is 25.7. The van der Waals surface area contributed by atoms with Gasteiger partial charge in [-0.05, 0) is 90.4 Å². The van der Waals surface area contributed by atoms with Gasteiger partial charge in [-0.3, -0.25) is 14.4 Å². The van der Waals surface area contributed by atoms with Gasteiger partial charge in [-0.25, -0.2) is 0 Å². The Morgan fingerprint density at radius 2 is 1.49 bits per heavy atom. The van der Waals surface area contributed by atoms with E-state index in [9.17, 15) is 14.4 Å². The summed E-state index contributed by atoms with van der Waals surface area (Å²) in [7, 11) is 1.56. The van der Waals surface area contributed by atoms with Crippen LogP contribution in [0.25, 0.3) is 6.08 Å². The second-order valence-corrected chi connectivity index (χ2v) is 12.1. The van der Waals surface area contributed by atoms with Gasteiger partial charge in [0.1, 0.15) is 16.7 Å². The molecule has 1 atom stereocenters. The first-order valence-corrected chi connectivity index (χ1v) is 16.0. The molecule has 0 saturated carbocycles. The predicted octanol–water partition coefficient (Wildman–Crippen LogP) is 8.54. The number of halogens is 1.